The van der Waals surface area contributed by atoms with E-state index in [-0.39, 0.29) is 5.91 Å². The van der Waals surface area contributed by atoms with E-state index in [0.29, 0.717) is 22.7 Å². The quantitative estimate of drug-likeness (QED) is 0.620. The van der Waals surface area contributed by atoms with Crippen LogP contribution < -0.4 is 15.4 Å². The molecule has 6 heteroatoms. The number of likely N-dealkylation sites (N-methyl/N-ethyl adjacent to an activating group) is 1. The molecule has 0 aliphatic carbocycles. The number of para-hydroxylation sites is 3. The molecule has 0 spiro atoms. The molecule has 0 radical (unpaired) electrons. The SMILES string of the molecule is CN(C)CCNc1cncc(C(=O)Nc2ccccc2Oc2ccccc2)c1. The van der Waals surface area contributed by atoms with Crippen LogP contribution in [0.15, 0.2) is 73.1 Å². The average molecular weight is 376 g/mol. The molecule has 0 saturated carbocycles. The van der Waals surface area contributed by atoms with E-state index >= 15 is 0 Å². The van der Waals surface area contributed by atoms with Crippen molar-refractivity contribution in [2.24, 2.45) is 0 Å². The minimum Gasteiger partial charge on any atom is -0.455 e. The van der Waals surface area contributed by atoms with Gasteiger partial charge in [0.15, 0.2) is 5.75 Å². The number of hydrogen-bond acceptors (Lipinski definition) is 5. The van der Waals surface area contributed by atoms with Crippen LogP contribution in [-0.2, 0) is 0 Å². The fraction of sp³-hybridized carbons (Fsp3) is 0.182. The van der Waals surface area contributed by atoms with Crippen molar-refractivity contribution in [1.82, 2.24) is 9.88 Å². The lowest BCUT2D eigenvalue weighted by Crippen LogP contribution is -2.21. The van der Waals surface area contributed by atoms with Crippen LogP contribution in [0.3, 0.4) is 0 Å². The van der Waals surface area contributed by atoms with Crippen LogP contribution in [0, 0.1) is 0 Å². The van der Waals surface area contributed by atoms with Gasteiger partial charge in [-0.05, 0) is 44.4 Å². The summed E-state index contributed by atoms with van der Waals surface area (Å²) in [5, 5.41) is 6.18. The van der Waals surface area contributed by atoms with E-state index in [1.165, 1.54) is 0 Å². The Bertz CT molecular complexity index is 913. The molecule has 1 heterocycles. The molecule has 2 aromatic carbocycles. The van der Waals surface area contributed by atoms with E-state index in [1.807, 2.05) is 68.7 Å². The summed E-state index contributed by atoms with van der Waals surface area (Å²) in [4.78, 5) is 19.0. The molecule has 0 bridgehead atoms. The van der Waals surface area contributed by atoms with Gasteiger partial charge in [0.05, 0.1) is 16.9 Å². The molecule has 3 aromatic rings. The molecule has 0 atom stereocenters. The maximum Gasteiger partial charge on any atom is 0.257 e. The summed E-state index contributed by atoms with van der Waals surface area (Å²) in [6.45, 7) is 1.66. The van der Waals surface area contributed by atoms with Gasteiger partial charge in [0.25, 0.3) is 5.91 Å². The lowest BCUT2D eigenvalue weighted by molar-refractivity contribution is 0.102. The Balaban J connectivity index is 1.70. The maximum absolute atomic E-state index is 12.7. The molecule has 3 rings (SSSR count). The van der Waals surface area contributed by atoms with Crippen LogP contribution in [0.1, 0.15) is 10.4 Å². The van der Waals surface area contributed by atoms with Crippen molar-refractivity contribution in [2.75, 3.05) is 37.8 Å². The monoisotopic (exact) mass is 376 g/mol. The van der Waals surface area contributed by atoms with E-state index in [4.69, 9.17) is 4.74 Å². The summed E-state index contributed by atoms with van der Waals surface area (Å²) in [6, 6.07) is 18.6. The van der Waals surface area contributed by atoms with Crippen molar-refractivity contribution < 1.29 is 9.53 Å². The first kappa shape index (κ1) is 19.4. The summed E-state index contributed by atoms with van der Waals surface area (Å²) >= 11 is 0. The molecule has 0 saturated heterocycles. The number of carbonyl (C=O) groups is 1. The number of hydrogen-bond donors (Lipinski definition) is 2. The number of benzene rings is 2. The van der Waals surface area contributed by atoms with Crippen LogP contribution in [0.4, 0.5) is 11.4 Å². The number of aromatic nitrogens is 1. The molecule has 2 N–H and O–H groups in total. The molecule has 0 fully saturated rings. The number of rotatable bonds is 8. The highest BCUT2D eigenvalue weighted by molar-refractivity contribution is 6.05. The summed E-state index contributed by atoms with van der Waals surface area (Å²) in [7, 11) is 4.03. The zero-order valence-electron chi connectivity index (χ0n) is 16.1. The van der Waals surface area contributed by atoms with E-state index < -0.39 is 0 Å². The van der Waals surface area contributed by atoms with E-state index in [1.54, 1.807) is 18.5 Å². The van der Waals surface area contributed by atoms with Gasteiger partial charge in [-0.25, -0.2) is 0 Å². The summed E-state index contributed by atoms with van der Waals surface area (Å²) in [5.74, 6) is 1.04. The van der Waals surface area contributed by atoms with Gasteiger partial charge in [0, 0.05) is 25.5 Å². The minimum absolute atomic E-state index is 0.243. The van der Waals surface area contributed by atoms with Crippen molar-refractivity contribution >= 4 is 17.3 Å². The topological polar surface area (TPSA) is 66.5 Å². The lowest BCUT2D eigenvalue weighted by atomic mass is 10.2. The van der Waals surface area contributed by atoms with Gasteiger partial charge in [-0.15, -0.1) is 0 Å². The second kappa shape index (κ2) is 9.53. The van der Waals surface area contributed by atoms with Crippen molar-refractivity contribution in [3.63, 3.8) is 0 Å². The predicted octanol–water partition coefficient (Wildman–Crippen LogP) is 4.10. The number of carbonyl (C=O) groups excluding carboxylic acids is 1. The highest BCUT2D eigenvalue weighted by Crippen LogP contribution is 2.29. The summed E-state index contributed by atoms with van der Waals surface area (Å²) in [5.41, 5.74) is 1.88. The second-order valence-corrected chi connectivity index (χ2v) is 6.56. The fourth-order valence-electron chi connectivity index (χ4n) is 2.55. The van der Waals surface area contributed by atoms with E-state index in [9.17, 15) is 4.79 Å². The number of anilines is 2. The normalized spacial score (nSPS) is 10.5. The Morgan fingerprint density at radius 3 is 2.57 bits per heavy atom. The van der Waals surface area contributed by atoms with Crippen molar-refractivity contribution in [1.29, 1.82) is 0 Å². The zero-order chi connectivity index (χ0) is 19.8. The molecular weight excluding hydrogens is 352 g/mol. The minimum atomic E-state index is -0.243. The van der Waals surface area contributed by atoms with Gasteiger partial charge in [-0.3, -0.25) is 9.78 Å². The van der Waals surface area contributed by atoms with Gasteiger partial charge >= 0.3 is 0 Å². The molecular formula is C22H24N4O2. The van der Waals surface area contributed by atoms with Gasteiger partial charge in [0.1, 0.15) is 5.75 Å². The molecule has 1 amide bonds. The van der Waals surface area contributed by atoms with Crippen LogP contribution in [0.25, 0.3) is 0 Å². The number of amides is 1. The summed E-state index contributed by atoms with van der Waals surface area (Å²) < 4.78 is 5.90. The molecule has 1 aromatic heterocycles. The first-order chi connectivity index (χ1) is 13.6. The molecule has 0 aliphatic rings. The van der Waals surface area contributed by atoms with Crippen LogP contribution in [-0.4, -0.2) is 43.0 Å². The molecule has 28 heavy (non-hydrogen) atoms. The van der Waals surface area contributed by atoms with Crippen molar-refractivity contribution in [3.8, 4) is 11.5 Å². The van der Waals surface area contributed by atoms with Crippen molar-refractivity contribution in [2.45, 2.75) is 0 Å². The Kier molecular flexibility index (Phi) is 6.59. The largest absolute Gasteiger partial charge is 0.455 e. The van der Waals surface area contributed by atoms with Crippen LogP contribution in [0.2, 0.25) is 0 Å². The third-order valence-corrected chi connectivity index (χ3v) is 3.99. The number of pyridine rings is 1. The van der Waals surface area contributed by atoms with Gasteiger partial charge < -0.3 is 20.3 Å². The number of ether oxygens (including phenoxy) is 1. The fourth-order valence-corrected chi connectivity index (χ4v) is 2.55. The lowest BCUT2D eigenvalue weighted by Gasteiger charge is -2.13. The Morgan fingerprint density at radius 2 is 1.79 bits per heavy atom. The third-order valence-electron chi connectivity index (χ3n) is 3.99. The first-order valence-electron chi connectivity index (χ1n) is 9.09. The molecule has 0 unspecified atom stereocenters. The zero-order valence-corrected chi connectivity index (χ0v) is 16.1. The Hall–Kier alpha value is -3.38. The van der Waals surface area contributed by atoms with Gasteiger partial charge in [-0.2, -0.15) is 0 Å². The van der Waals surface area contributed by atoms with Crippen molar-refractivity contribution in [3.05, 3.63) is 78.6 Å². The first-order valence-corrected chi connectivity index (χ1v) is 9.09. The predicted molar refractivity (Wildman–Crippen MR) is 112 cm³/mol. The maximum atomic E-state index is 12.7. The van der Waals surface area contributed by atoms with E-state index in [2.05, 4.69) is 20.5 Å². The number of nitrogens with zero attached hydrogens (tertiary/aromatic N) is 2. The smallest absolute Gasteiger partial charge is 0.257 e. The van der Waals surface area contributed by atoms with E-state index in [0.717, 1.165) is 18.8 Å². The van der Waals surface area contributed by atoms with Gasteiger partial charge in [0.2, 0.25) is 0 Å². The Labute approximate surface area is 165 Å². The van der Waals surface area contributed by atoms with Crippen LogP contribution >= 0.6 is 0 Å². The highest BCUT2D eigenvalue weighted by Gasteiger charge is 2.11. The molecule has 0 aliphatic heterocycles. The third kappa shape index (κ3) is 5.56. The second-order valence-electron chi connectivity index (χ2n) is 6.56. The molecule has 6 nitrogen and oxygen atoms in total. The average Bonchev–Trinajstić information content (AvgIpc) is 2.70. The van der Waals surface area contributed by atoms with Crippen LogP contribution in [0.5, 0.6) is 11.5 Å². The number of nitrogens with one attached hydrogen (secondary N) is 2. The highest BCUT2D eigenvalue weighted by atomic mass is 16.5. The van der Waals surface area contributed by atoms with Gasteiger partial charge in [-0.1, -0.05) is 30.3 Å². The standard InChI is InChI=1S/C22H24N4O2/c1-26(2)13-12-24-18-14-17(15-23-16-18)22(27)25-20-10-6-7-11-21(20)28-19-8-4-3-5-9-19/h3-11,14-16,24H,12-13H2,1-2H3,(H,25,27). The molecule has 144 valence electrons. The Morgan fingerprint density at radius 1 is 1.04 bits per heavy atom. The summed E-state index contributed by atoms with van der Waals surface area (Å²) in [6.07, 6.45) is 3.26.